The third-order valence-electron chi connectivity index (χ3n) is 8.23. The molecule has 3 aliphatic rings. The lowest BCUT2D eigenvalue weighted by Gasteiger charge is -2.52. The molecule has 0 aliphatic heterocycles. The molecule has 0 spiro atoms. The van der Waals surface area contributed by atoms with Gasteiger partial charge in [-0.05, 0) is 103 Å². The van der Waals surface area contributed by atoms with E-state index in [1.165, 1.54) is 36.8 Å². The van der Waals surface area contributed by atoms with E-state index in [1.54, 1.807) is 5.57 Å². The van der Waals surface area contributed by atoms with Crippen LogP contribution in [-0.4, -0.2) is 11.7 Å². The summed E-state index contributed by atoms with van der Waals surface area (Å²) in [7, 11) is 0. The van der Waals surface area contributed by atoms with Crippen molar-refractivity contribution in [2.75, 3.05) is 6.61 Å². The summed E-state index contributed by atoms with van der Waals surface area (Å²) in [6, 6.07) is 16.2. The number of rotatable bonds is 3. The highest BCUT2D eigenvalue weighted by Crippen LogP contribution is 2.63. The van der Waals surface area contributed by atoms with E-state index in [4.69, 9.17) is 4.74 Å². The van der Waals surface area contributed by atoms with E-state index >= 15 is 0 Å². The fourth-order valence-electron chi connectivity index (χ4n) is 6.90. The van der Waals surface area contributed by atoms with Crippen LogP contribution >= 0.6 is 0 Å². The van der Waals surface area contributed by atoms with Gasteiger partial charge in [0.2, 0.25) is 0 Å². The Balaban J connectivity index is 1.37. The van der Waals surface area contributed by atoms with Crippen LogP contribution in [0.1, 0.15) is 56.6 Å². The van der Waals surface area contributed by atoms with Crippen LogP contribution in [0, 0.1) is 23.2 Å². The van der Waals surface area contributed by atoms with E-state index in [9.17, 15) is 5.11 Å². The van der Waals surface area contributed by atoms with Gasteiger partial charge < -0.3 is 9.84 Å². The molecule has 0 radical (unpaired) electrons. The van der Waals surface area contributed by atoms with Gasteiger partial charge in [-0.15, -0.1) is 0 Å². The summed E-state index contributed by atoms with van der Waals surface area (Å²) in [5.74, 6) is 4.23. The third kappa shape index (κ3) is 3.17. The first-order valence-corrected chi connectivity index (χ1v) is 11.3. The van der Waals surface area contributed by atoms with Crippen LogP contribution in [0.4, 0.5) is 0 Å². The predicted molar refractivity (Wildman–Crippen MR) is 117 cm³/mol. The molecule has 152 valence electrons. The summed E-state index contributed by atoms with van der Waals surface area (Å²) >= 11 is 0. The molecule has 1 N–H and O–H groups in total. The lowest BCUT2D eigenvalue weighted by Crippen LogP contribution is -2.43. The summed E-state index contributed by atoms with van der Waals surface area (Å²) in [5, 5.41) is 9.94. The number of fused-ring (bicyclic) bond motifs is 5. The fourth-order valence-corrected chi connectivity index (χ4v) is 6.90. The quantitative estimate of drug-likeness (QED) is 0.608. The largest absolute Gasteiger partial charge is 0.508 e. The van der Waals surface area contributed by atoms with Gasteiger partial charge in [-0.25, -0.2) is 0 Å². The van der Waals surface area contributed by atoms with Gasteiger partial charge in [0.15, 0.2) is 0 Å². The van der Waals surface area contributed by atoms with Crippen LogP contribution in [0.5, 0.6) is 11.5 Å². The molecule has 0 saturated heterocycles. The molecule has 3 aliphatic carbocycles. The van der Waals surface area contributed by atoms with Crippen LogP contribution in [0.3, 0.4) is 0 Å². The van der Waals surface area contributed by atoms with Crippen molar-refractivity contribution in [3.63, 3.8) is 0 Å². The predicted octanol–water partition coefficient (Wildman–Crippen LogP) is 6.50. The zero-order chi connectivity index (χ0) is 20.0. The van der Waals surface area contributed by atoms with Crippen molar-refractivity contribution < 1.29 is 9.84 Å². The fraction of sp³-hybridized carbons (Fsp3) is 0.481. The maximum Gasteiger partial charge on any atom is 0.119 e. The Morgan fingerprint density at radius 1 is 1.14 bits per heavy atom. The molecule has 0 heterocycles. The van der Waals surface area contributed by atoms with Gasteiger partial charge in [0.05, 0.1) is 0 Å². The first kappa shape index (κ1) is 18.8. The van der Waals surface area contributed by atoms with Crippen LogP contribution in [0.25, 0.3) is 0 Å². The Labute approximate surface area is 174 Å². The molecule has 2 fully saturated rings. The molecular weight excluding hydrogens is 356 g/mol. The zero-order valence-electron chi connectivity index (χ0n) is 17.6. The number of phenols is 1. The summed E-state index contributed by atoms with van der Waals surface area (Å²) in [4.78, 5) is 0. The van der Waals surface area contributed by atoms with Gasteiger partial charge in [0.1, 0.15) is 18.1 Å². The van der Waals surface area contributed by atoms with Crippen molar-refractivity contribution in [2.45, 2.75) is 51.9 Å². The van der Waals surface area contributed by atoms with Crippen molar-refractivity contribution in [3.05, 3.63) is 71.3 Å². The Morgan fingerprint density at radius 3 is 2.79 bits per heavy atom. The van der Waals surface area contributed by atoms with E-state index in [-0.39, 0.29) is 0 Å². The van der Waals surface area contributed by atoms with E-state index in [1.807, 2.05) is 42.5 Å². The summed E-state index contributed by atoms with van der Waals surface area (Å²) < 4.78 is 5.98. The second-order valence-corrected chi connectivity index (χ2v) is 9.70. The van der Waals surface area contributed by atoms with Gasteiger partial charge in [-0.1, -0.05) is 43.7 Å². The molecule has 2 aromatic carbocycles. The van der Waals surface area contributed by atoms with E-state index in [0.29, 0.717) is 29.6 Å². The number of benzene rings is 2. The number of hydrogen-bond donors (Lipinski definition) is 1. The second-order valence-electron chi connectivity index (χ2n) is 9.70. The smallest absolute Gasteiger partial charge is 0.119 e. The van der Waals surface area contributed by atoms with Crippen molar-refractivity contribution >= 4 is 0 Å². The van der Waals surface area contributed by atoms with Gasteiger partial charge >= 0.3 is 0 Å². The highest BCUT2D eigenvalue weighted by molar-refractivity contribution is 5.41. The molecule has 0 bridgehead atoms. The molecule has 29 heavy (non-hydrogen) atoms. The van der Waals surface area contributed by atoms with Gasteiger partial charge in [0.25, 0.3) is 0 Å². The van der Waals surface area contributed by atoms with E-state index in [0.717, 1.165) is 24.0 Å². The summed E-state index contributed by atoms with van der Waals surface area (Å²) in [5.41, 5.74) is 4.84. The maximum absolute atomic E-state index is 9.94. The number of ether oxygens (including phenoxy) is 1. The van der Waals surface area contributed by atoms with Crippen molar-refractivity contribution in [3.8, 4) is 11.5 Å². The van der Waals surface area contributed by atoms with Crippen LogP contribution < -0.4 is 4.74 Å². The topological polar surface area (TPSA) is 29.5 Å². The summed E-state index contributed by atoms with van der Waals surface area (Å²) in [6.07, 6.45) is 8.55. The number of hydrogen-bond acceptors (Lipinski definition) is 2. The zero-order valence-corrected chi connectivity index (χ0v) is 17.6. The lowest BCUT2D eigenvalue weighted by atomic mass is 9.52. The van der Waals surface area contributed by atoms with E-state index < -0.39 is 0 Å². The second kappa shape index (κ2) is 7.23. The average molecular weight is 389 g/mol. The van der Waals surface area contributed by atoms with Crippen LogP contribution in [0.15, 0.2) is 60.2 Å². The molecule has 5 atom stereocenters. The van der Waals surface area contributed by atoms with Gasteiger partial charge in [0, 0.05) is 0 Å². The van der Waals surface area contributed by atoms with Crippen molar-refractivity contribution in [2.24, 2.45) is 23.2 Å². The molecule has 2 heteroatoms. The third-order valence-corrected chi connectivity index (χ3v) is 8.23. The molecule has 0 aromatic heterocycles. The highest BCUT2D eigenvalue weighted by Gasteiger charge is 2.54. The van der Waals surface area contributed by atoms with Crippen molar-refractivity contribution in [1.29, 1.82) is 0 Å². The minimum absolute atomic E-state index is 0.323. The number of para-hydroxylation sites is 1. The molecule has 0 amide bonds. The Bertz CT molecular complexity index is 915. The molecule has 5 rings (SSSR count). The SMILES string of the molecule is C[C@@H]1Cc2cc(O)ccc2C2CCC3(C)/C(=C/COc4ccccc4)CCC3C21. The first-order valence-electron chi connectivity index (χ1n) is 11.3. The monoisotopic (exact) mass is 388 g/mol. The first-order chi connectivity index (χ1) is 14.1. The molecular formula is C27H32O2. The number of aromatic hydroxyl groups is 1. The minimum Gasteiger partial charge on any atom is -0.508 e. The number of phenolic OH excluding ortho intramolecular Hbond substituents is 1. The lowest BCUT2D eigenvalue weighted by molar-refractivity contribution is 0.0488. The minimum atomic E-state index is 0.323. The average Bonchev–Trinajstić information content (AvgIpc) is 3.05. The normalized spacial score (nSPS) is 34.3. The van der Waals surface area contributed by atoms with E-state index in [2.05, 4.69) is 26.0 Å². The molecule has 4 unspecified atom stereocenters. The Morgan fingerprint density at radius 2 is 1.97 bits per heavy atom. The van der Waals surface area contributed by atoms with Crippen molar-refractivity contribution in [1.82, 2.24) is 0 Å². The molecule has 2 aromatic rings. The maximum atomic E-state index is 9.94. The molecule has 2 saturated carbocycles. The van der Waals surface area contributed by atoms with Gasteiger partial charge in [-0.3, -0.25) is 0 Å². The Hall–Kier alpha value is -2.22. The molecule has 2 nitrogen and oxygen atoms in total. The standard InChI is InChI=1S/C27H32O2/c1-18-16-19-17-21(28)9-10-23(19)24-12-14-27(2)20(8-11-25(27)26(18)24)13-15-29-22-6-4-3-5-7-22/h3-7,9-10,13,17-18,24-26,28H,8,11-12,14-16H2,1-2H3/b20-13+/t18-,24?,25?,26?,27?/m1/s1. The Kier molecular flexibility index (Phi) is 4.69. The summed E-state index contributed by atoms with van der Waals surface area (Å²) in [6.45, 7) is 5.64. The van der Waals surface area contributed by atoms with Crippen LogP contribution in [0.2, 0.25) is 0 Å². The van der Waals surface area contributed by atoms with Gasteiger partial charge in [-0.2, -0.15) is 0 Å². The van der Waals surface area contributed by atoms with Crippen LogP contribution in [-0.2, 0) is 6.42 Å². The number of allylic oxidation sites excluding steroid dienone is 1. The highest BCUT2D eigenvalue weighted by atomic mass is 16.5.